The second-order valence-corrected chi connectivity index (χ2v) is 5.66. The molecule has 1 aliphatic rings. The van der Waals surface area contributed by atoms with Gasteiger partial charge in [0.05, 0.1) is 6.10 Å². The van der Waals surface area contributed by atoms with Crippen molar-refractivity contribution < 1.29 is 4.74 Å². The molecular formula is C19H22O. The highest BCUT2D eigenvalue weighted by Gasteiger charge is 2.16. The molecule has 0 spiro atoms. The van der Waals surface area contributed by atoms with Gasteiger partial charge in [-0.1, -0.05) is 42.5 Å². The van der Waals surface area contributed by atoms with Crippen LogP contribution in [0, 0.1) is 0 Å². The standard InChI is InChI=1S/C19H22O/c1-2-7-16(8-3-1)13-14-17-9-6-12-19(15-17)20-18-10-4-5-11-18/h1-3,6-9,12,15,18H,4-5,10-11,13-14H2. The Kier molecular flexibility index (Phi) is 4.37. The summed E-state index contributed by atoms with van der Waals surface area (Å²) < 4.78 is 6.07. The summed E-state index contributed by atoms with van der Waals surface area (Å²) in [6, 6.07) is 19.3. The first-order chi connectivity index (χ1) is 9.90. The maximum Gasteiger partial charge on any atom is 0.119 e. The van der Waals surface area contributed by atoms with E-state index in [1.165, 1.54) is 36.8 Å². The van der Waals surface area contributed by atoms with E-state index in [2.05, 4.69) is 54.6 Å². The summed E-state index contributed by atoms with van der Waals surface area (Å²) in [7, 11) is 0. The largest absolute Gasteiger partial charge is 0.490 e. The first-order valence-electron chi connectivity index (χ1n) is 7.70. The Morgan fingerprint density at radius 1 is 0.800 bits per heavy atom. The number of benzene rings is 2. The number of ether oxygens (including phenoxy) is 1. The minimum Gasteiger partial charge on any atom is -0.490 e. The predicted octanol–water partition coefficient (Wildman–Crippen LogP) is 4.79. The summed E-state index contributed by atoms with van der Waals surface area (Å²) in [4.78, 5) is 0. The molecule has 0 aromatic heterocycles. The molecule has 104 valence electrons. The van der Waals surface area contributed by atoms with Crippen LogP contribution in [0.4, 0.5) is 0 Å². The van der Waals surface area contributed by atoms with E-state index in [1.807, 2.05) is 0 Å². The lowest BCUT2D eigenvalue weighted by Crippen LogP contribution is -2.10. The summed E-state index contributed by atoms with van der Waals surface area (Å²) >= 11 is 0. The van der Waals surface area contributed by atoms with Gasteiger partial charge in [0.25, 0.3) is 0 Å². The molecule has 0 amide bonds. The summed E-state index contributed by atoms with van der Waals surface area (Å²) in [5, 5.41) is 0. The normalized spacial score (nSPS) is 15.4. The third-order valence-electron chi connectivity index (χ3n) is 4.05. The van der Waals surface area contributed by atoms with E-state index in [4.69, 9.17) is 4.74 Å². The highest BCUT2D eigenvalue weighted by atomic mass is 16.5. The van der Waals surface area contributed by atoms with Crippen molar-refractivity contribution in [1.82, 2.24) is 0 Å². The maximum atomic E-state index is 6.07. The highest BCUT2D eigenvalue weighted by molar-refractivity contribution is 5.29. The molecule has 0 saturated heterocycles. The van der Waals surface area contributed by atoms with Crippen molar-refractivity contribution in [3.8, 4) is 5.75 Å². The molecule has 1 saturated carbocycles. The average Bonchev–Trinajstić information content (AvgIpc) is 3.00. The van der Waals surface area contributed by atoms with Gasteiger partial charge >= 0.3 is 0 Å². The van der Waals surface area contributed by atoms with Crippen LogP contribution in [-0.4, -0.2) is 6.10 Å². The molecule has 1 nitrogen and oxygen atoms in total. The Labute approximate surface area is 121 Å². The Morgan fingerprint density at radius 3 is 2.30 bits per heavy atom. The van der Waals surface area contributed by atoms with Gasteiger partial charge in [-0.25, -0.2) is 0 Å². The van der Waals surface area contributed by atoms with Crippen LogP contribution in [-0.2, 0) is 12.8 Å². The molecule has 1 aliphatic carbocycles. The number of hydrogen-bond donors (Lipinski definition) is 0. The van der Waals surface area contributed by atoms with Gasteiger partial charge in [0, 0.05) is 0 Å². The van der Waals surface area contributed by atoms with Crippen LogP contribution < -0.4 is 4.74 Å². The monoisotopic (exact) mass is 266 g/mol. The quantitative estimate of drug-likeness (QED) is 0.755. The van der Waals surface area contributed by atoms with Crippen molar-refractivity contribution in [2.75, 3.05) is 0 Å². The highest BCUT2D eigenvalue weighted by Crippen LogP contribution is 2.24. The molecule has 0 radical (unpaired) electrons. The fourth-order valence-corrected chi connectivity index (χ4v) is 2.91. The molecule has 20 heavy (non-hydrogen) atoms. The maximum absolute atomic E-state index is 6.07. The predicted molar refractivity (Wildman–Crippen MR) is 83.2 cm³/mol. The lowest BCUT2D eigenvalue weighted by molar-refractivity contribution is 0.210. The summed E-state index contributed by atoms with van der Waals surface area (Å²) in [5.41, 5.74) is 2.76. The van der Waals surface area contributed by atoms with Gasteiger partial charge in [0.2, 0.25) is 0 Å². The SMILES string of the molecule is c1ccc(CCc2cccc(OC3CCCC3)c2)cc1. The number of hydrogen-bond acceptors (Lipinski definition) is 1. The average molecular weight is 266 g/mol. The second kappa shape index (κ2) is 6.60. The molecule has 2 aromatic carbocycles. The minimum absolute atomic E-state index is 0.444. The lowest BCUT2D eigenvalue weighted by atomic mass is 10.0. The van der Waals surface area contributed by atoms with E-state index in [9.17, 15) is 0 Å². The van der Waals surface area contributed by atoms with Gasteiger partial charge in [-0.05, 0) is 61.8 Å². The van der Waals surface area contributed by atoms with Crippen LogP contribution in [0.2, 0.25) is 0 Å². The Hall–Kier alpha value is -1.76. The Bertz CT molecular complexity index is 526. The van der Waals surface area contributed by atoms with Crippen LogP contribution in [0.5, 0.6) is 5.75 Å². The van der Waals surface area contributed by atoms with Crippen LogP contribution in [0.25, 0.3) is 0 Å². The third-order valence-corrected chi connectivity index (χ3v) is 4.05. The Balaban J connectivity index is 1.59. The molecule has 1 heteroatoms. The molecule has 1 fully saturated rings. The third kappa shape index (κ3) is 3.63. The molecule has 0 unspecified atom stereocenters. The van der Waals surface area contributed by atoms with Crippen molar-refractivity contribution in [3.63, 3.8) is 0 Å². The van der Waals surface area contributed by atoms with E-state index >= 15 is 0 Å². The second-order valence-electron chi connectivity index (χ2n) is 5.66. The summed E-state index contributed by atoms with van der Waals surface area (Å²) in [5.74, 6) is 1.04. The molecule has 0 bridgehead atoms. The van der Waals surface area contributed by atoms with Gasteiger partial charge in [0.1, 0.15) is 5.75 Å². The van der Waals surface area contributed by atoms with E-state index < -0.39 is 0 Å². The zero-order valence-corrected chi connectivity index (χ0v) is 11.9. The van der Waals surface area contributed by atoms with Crippen LogP contribution in [0.3, 0.4) is 0 Å². The molecule has 0 atom stereocenters. The molecule has 0 aliphatic heterocycles. The Morgan fingerprint density at radius 2 is 1.50 bits per heavy atom. The van der Waals surface area contributed by atoms with Crippen molar-refractivity contribution in [3.05, 3.63) is 65.7 Å². The van der Waals surface area contributed by atoms with Crippen LogP contribution in [0.15, 0.2) is 54.6 Å². The first-order valence-corrected chi connectivity index (χ1v) is 7.70. The minimum atomic E-state index is 0.444. The molecular weight excluding hydrogens is 244 g/mol. The van der Waals surface area contributed by atoms with Gasteiger partial charge in [-0.3, -0.25) is 0 Å². The molecule has 2 aromatic rings. The van der Waals surface area contributed by atoms with Crippen LogP contribution in [0.1, 0.15) is 36.8 Å². The van der Waals surface area contributed by atoms with E-state index in [0.717, 1.165) is 18.6 Å². The van der Waals surface area contributed by atoms with E-state index in [-0.39, 0.29) is 0 Å². The lowest BCUT2D eigenvalue weighted by Gasteiger charge is -2.13. The first kappa shape index (κ1) is 13.2. The van der Waals surface area contributed by atoms with E-state index in [0.29, 0.717) is 6.10 Å². The zero-order chi connectivity index (χ0) is 13.6. The van der Waals surface area contributed by atoms with Crippen molar-refractivity contribution in [2.24, 2.45) is 0 Å². The summed E-state index contributed by atoms with van der Waals surface area (Å²) in [6.45, 7) is 0. The smallest absolute Gasteiger partial charge is 0.119 e. The van der Waals surface area contributed by atoms with Crippen molar-refractivity contribution in [2.45, 2.75) is 44.6 Å². The van der Waals surface area contributed by atoms with Gasteiger partial charge in [-0.2, -0.15) is 0 Å². The fraction of sp³-hybridized carbons (Fsp3) is 0.368. The van der Waals surface area contributed by atoms with Gasteiger partial charge in [0.15, 0.2) is 0 Å². The molecule has 0 heterocycles. The molecule has 0 N–H and O–H groups in total. The zero-order valence-electron chi connectivity index (χ0n) is 11.9. The summed E-state index contributed by atoms with van der Waals surface area (Å²) in [6.07, 6.45) is 7.68. The number of rotatable bonds is 5. The topological polar surface area (TPSA) is 9.23 Å². The van der Waals surface area contributed by atoms with Gasteiger partial charge in [-0.15, -0.1) is 0 Å². The number of aryl methyl sites for hydroxylation is 2. The van der Waals surface area contributed by atoms with Crippen molar-refractivity contribution in [1.29, 1.82) is 0 Å². The molecule has 3 rings (SSSR count). The van der Waals surface area contributed by atoms with Crippen LogP contribution >= 0.6 is 0 Å². The van der Waals surface area contributed by atoms with E-state index in [1.54, 1.807) is 0 Å². The van der Waals surface area contributed by atoms with Gasteiger partial charge < -0.3 is 4.74 Å². The van der Waals surface area contributed by atoms with Crippen molar-refractivity contribution >= 4 is 0 Å². The fourth-order valence-electron chi connectivity index (χ4n) is 2.91.